The van der Waals surface area contributed by atoms with E-state index in [-0.39, 0.29) is 10.0 Å². The number of halogens is 3. The third kappa shape index (κ3) is 3.09. The highest BCUT2D eigenvalue weighted by Gasteiger charge is 2.26. The molecule has 1 aromatic rings. The first-order valence-electron chi connectivity index (χ1n) is 5.53. The lowest BCUT2D eigenvalue weighted by Crippen LogP contribution is -2.28. The Labute approximate surface area is 123 Å². The van der Waals surface area contributed by atoms with E-state index in [4.69, 9.17) is 10.7 Å². The van der Waals surface area contributed by atoms with Crippen LogP contribution in [0.3, 0.4) is 0 Å². The molecular weight excluding hydrogens is 361 g/mol. The monoisotopic (exact) mass is 369 g/mol. The predicted molar refractivity (Wildman–Crippen MR) is 72.3 cm³/mol. The van der Waals surface area contributed by atoms with Gasteiger partial charge in [-0.1, -0.05) is 0 Å². The van der Waals surface area contributed by atoms with E-state index in [1.807, 2.05) is 0 Å². The molecule has 8 heteroatoms. The molecule has 0 N–H and O–H groups in total. The number of amides is 1. The molecule has 0 saturated carbocycles. The van der Waals surface area contributed by atoms with Gasteiger partial charge in [-0.25, -0.2) is 12.8 Å². The number of carbonyl (C=O) groups is 1. The maximum atomic E-state index is 13.5. The van der Waals surface area contributed by atoms with E-state index in [0.717, 1.165) is 25.0 Å². The van der Waals surface area contributed by atoms with Crippen molar-refractivity contribution in [3.63, 3.8) is 0 Å². The van der Waals surface area contributed by atoms with Gasteiger partial charge in [0.2, 0.25) is 0 Å². The van der Waals surface area contributed by atoms with E-state index >= 15 is 0 Å². The highest BCUT2D eigenvalue weighted by molar-refractivity contribution is 9.10. The molecule has 1 aromatic carbocycles. The van der Waals surface area contributed by atoms with Gasteiger partial charge < -0.3 is 4.90 Å². The Morgan fingerprint density at radius 3 is 2.42 bits per heavy atom. The zero-order chi connectivity index (χ0) is 14.2. The van der Waals surface area contributed by atoms with Crippen LogP contribution in [-0.2, 0) is 9.05 Å². The van der Waals surface area contributed by atoms with Crippen LogP contribution in [0.5, 0.6) is 0 Å². The van der Waals surface area contributed by atoms with E-state index in [9.17, 15) is 17.6 Å². The molecule has 1 aliphatic heterocycles. The van der Waals surface area contributed by atoms with Crippen LogP contribution in [0.25, 0.3) is 0 Å². The maximum absolute atomic E-state index is 13.5. The number of benzene rings is 1. The number of hydrogen-bond donors (Lipinski definition) is 0. The minimum absolute atomic E-state index is 0.000741. The van der Waals surface area contributed by atoms with Crippen LogP contribution in [0.2, 0.25) is 0 Å². The average Bonchev–Trinajstić information content (AvgIpc) is 2.83. The average molecular weight is 371 g/mol. The lowest BCUT2D eigenvalue weighted by atomic mass is 10.2. The van der Waals surface area contributed by atoms with Gasteiger partial charge in [0.05, 0.1) is 10.0 Å². The van der Waals surface area contributed by atoms with Gasteiger partial charge in [-0.15, -0.1) is 0 Å². The predicted octanol–water partition coefficient (Wildman–Crippen LogP) is 2.75. The minimum Gasteiger partial charge on any atom is -0.339 e. The fraction of sp³-hybridized carbons (Fsp3) is 0.364. The highest BCUT2D eigenvalue weighted by Crippen LogP contribution is 2.31. The molecule has 1 saturated heterocycles. The van der Waals surface area contributed by atoms with E-state index in [2.05, 4.69) is 15.9 Å². The van der Waals surface area contributed by atoms with Gasteiger partial charge in [-0.05, 0) is 40.9 Å². The Hall–Kier alpha value is -0.660. The summed E-state index contributed by atoms with van der Waals surface area (Å²) in [5, 5.41) is 0. The molecule has 0 atom stereocenters. The number of hydrogen-bond acceptors (Lipinski definition) is 3. The topological polar surface area (TPSA) is 54.5 Å². The lowest BCUT2D eigenvalue weighted by Gasteiger charge is -2.17. The van der Waals surface area contributed by atoms with Crippen molar-refractivity contribution in [2.24, 2.45) is 0 Å². The summed E-state index contributed by atoms with van der Waals surface area (Å²) in [6, 6.07) is 1.80. The maximum Gasteiger partial charge on any atom is 0.262 e. The van der Waals surface area contributed by atoms with Crippen LogP contribution < -0.4 is 0 Å². The first-order valence-corrected chi connectivity index (χ1v) is 8.64. The Morgan fingerprint density at radius 1 is 1.32 bits per heavy atom. The molecule has 1 amide bonds. The molecule has 1 heterocycles. The molecule has 19 heavy (non-hydrogen) atoms. The fourth-order valence-corrected chi connectivity index (χ4v) is 4.25. The van der Waals surface area contributed by atoms with Crippen molar-refractivity contribution in [2.75, 3.05) is 13.1 Å². The van der Waals surface area contributed by atoms with Crippen molar-refractivity contribution in [1.29, 1.82) is 0 Å². The molecular formula is C11H10BrClFNO3S. The number of rotatable bonds is 2. The molecule has 0 bridgehead atoms. The van der Waals surface area contributed by atoms with E-state index in [1.54, 1.807) is 4.90 Å². The summed E-state index contributed by atoms with van der Waals surface area (Å²) >= 11 is 3.02. The number of likely N-dealkylation sites (tertiary alicyclic amines) is 1. The van der Waals surface area contributed by atoms with Crippen LogP contribution >= 0.6 is 26.6 Å². The van der Waals surface area contributed by atoms with Crippen LogP contribution in [0.15, 0.2) is 21.5 Å². The van der Waals surface area contributed by atoms with Crippen molar-refractivity contribution in [2.45, 2.75) is 17.7 Å². The van der Waals surface area contributed by atoms with Crippen molar-refractivity contribution in [1.82, 2.24) is 4.90 Å². The van der Waals surface area contributed by atoms with Gasteiger partial charge >= 0.3 is 0 Å². The van der Waals surface area contributed by atoms with Crippen molar-refractivity contribution in [3.05, 3.63) is 28.0 Å². The summed E-state index contributed by atoms with van der Waals surface area (Å²) in [6.45, 7) is 1.18. The summed E-state index contributed by atoms with van der Waals surface area (Å²) in [4.78, 5) is 13.3. The van der Waals surface area contributed by atoms with Crippen LogP contribution in [0.4, 0.5) is 4.39 Å². The van der Waals surface area contributed by atoms with Gasteiger partial charge in [-0.3, -0.25) is 4.79 Å². The molecule has 1 fully saturated rings. The molecule has 0 unspecified atom stereocenters. The Bertz CT molecular complexity index is 629. The summed E-state index contributed by atoms with van der Waals surface area (Å²) in [7, 11) is 1.10. The largest absolute Gasteiger partial charge is 0.339 e. The Kier molecular flexibility index (Phi) is 4.17. The molecule has 0 aliphatic carbocycles. The SMILES string of the molecule is O=C(c1cc(F)cc(S(=O)(=O)Cl)c1Br)N1CCCC1. The van der Waals surface area contributed by atoms with E-state index in [0.29, 0.717) is 13.1 Å². The zero-order valence-corrected chi connectivity index (χ0v) is 12.9. The molecule has 0 radical (unpaired) electrons. The molecule has 104 valence electrons. The second kappa shape index (κ2) is 5.38. The van der Waals surface area contributed by atoms with Crippen LogP contribution in [0, 0.1) is 5.82 Å². The quantitative estimate of drug-likeness (QED) is 0.752. The minimum atomic E-state index is -4.12. The van der Waals surface area contributed by atoms with Gasteiger partial charge in [0, 0.05) is 23.8 Å². The zero-order valence-electron chi connectivity index (χ0n) is 9.70. The lowest BCUT2D eigenvalue weighted by molar-refractivity contribution is 0.0791. The van der Waals surface area contributed by atoms with Gasteiger partial charge in [0.15, 0.2) is 0 Å². The highest BCUT2D eigenvalue weighted by atomic mass is 79.9. The summed E-state index contributed by atoms with van der Waals surface area (Å²) in [5.41, 5.74) is -0.0267. The van der Waals surface area contributed by atoms with Crippen molar-refractivity contribution < 1.29 is 17.6 Å². The second-order valence-corrected chi connectivity index (χ2v) is 7.53. The van der Waals surface area contributed by atoms with Crippen LogP contribution in [-0.4, -0.2) is 32.3 Å². The second-order valence-electron chi connectivity index (χ2n) is 4.20. The molecule has 2 rings (SSSR count). The molecule has 4 nitrogen and oxygen atoms in total. The molecule has 1 aliphatic rings. The van der Waals surface area contributed by atoms with Gasteiger partial charge in [-0.2, -0.15) is 0 Å². The summed E-state index contributed by atoms with van der Waals surface area (Å²) in [6.07, 6.45) is 1.78. The molecule has 0 aromatic heterocycles. The standard InChI is InChI=1S/C11H10BrClFNO3S/c12-10-8(11(16)15-3-1-2-4-15)5-7(14)6-9(10)19(13,17)18/h5-6H,1-4H2. The van der Waals surface area contributed by atoms with Crippen molar-refractivity contribution >= 4 is 41.6 Å². The Morgan fingerprint density at radius 2 is 1.89 bits per heavy atom. The van der Waals surface area contributed by atoms with Crippen molar-refractivity contribution in [3.8, 4) is 0 Å². The fourth-order valence-electron chi connectivity index (χ4n) is 1.99. The number of carbonyl (C=O) groups excluding carboxylic acids is 1. The third-order valence-corrected chi connectivity index (χ3v) is 5.35. The van der Waals surface area contributed by atoms with Crippen LogP contribution in [0.1, 0.15) is 23.2 Å². The van der Waals surface area contributed by atoms with Gasteiger partial charge in [0.25, 0.3) is 15.0 Å². The first-order chi connectivity index (χ1) is 8.80. The third-order valence-electron chi connectivity index (χ3n) is 2.89. The normalized spacial score (nSPS) is 15.8. The van der Waals surface area contributed by atoms with E-state index in [1.165, 1.54) is 0 Å². The summed E-state index contributed by atoms with van der Waals surface area (Å²) < 4.78 is 36.2. The Balaban J connectivity index is 2.52. The van der Waals surface area contributed by atoms with E-state index < -0.39 is 25.7 Å². The summed E-state index contributed by atoms with van der Waals surface area (Å²) in [5.74, 6) is -1.21. The smallest absolute Gasteiger partial charge is 0.262 e. The number of nitrogens with zero attached hydrogens (tertiary/aromatic N) is 1. The molecule has 0 spiro atoms. The van der Waals surface area contributed by atoms with Gasteiger partial charge in [0.1, 0.15) is 10.7 Å². The first kappa shape index (κ1) is 14.7.